The van der Waals surface area contributed by atoms with Crippen molar-refractivity contribution in [2.75, 3.05) is 12.4 Å². The molecule has 1 N–H and O–H groups in total. The number of pyridine rings is 1. The lowest BCUT2D eigenvalue weighted by Crippen LogP contribution is -2.24. The van der Waals surface area contributed by atoms with Gasteiger partial charge >= 0.3 is 0 Å². The van der Waals surface area contributed by atoms with Gasteiger partial charge in [0, 0.05) is 32.3 Å². The van der Waals surface area contributed by atoms with Gasteiger partial charge in [-0.15, -0.1) is 0 Å². The van der Waals surface area contributed by atoms with Gasteiger partial charge in [-0.3, -0.25) is 9.59 Å². The van der Waals surface area contributed by atoms with Crippen molar-refractivity contribution >= 4 is 34.5 Å². The van der Waals surface area contributed by atoms with Crippen molar-refractivity contribution in [1.82, 2.24) is 9.88 Å². The second-order valence-electron chi connectivity index (χ2n) is 6.99. The molecule has 28 heavy (non-hydrogen) atoms. The predicted molar refractivity (Wildman–Crippen MR) is 111 cm³/mol. The summed E-state index contributed by atoms with van der Waals surface area (Å²) < 4.78 is 0. The van der Waals surface area contributed by atoms with Crippen molar-refractivity contribution in [3.05, 3.63) is 77.5 Å². The van der Waals surface area contributed by atoms with Gasteiger partial charge in [0.1, 0.15) is 5.82 Å². The summed E-state index contributed by atoms with van der Waals surface area (Å²) in [5.74, 6) is 0.542. The zero-order valence-electron chi connectivity index (χ0n) is 15.7. The van der Waals surface area contributed by atoms with E-state index in [4.69, 9.17) is 0 Å². The highest BCUT2D eigenvalue weighted by Crippen LogP contribution is 2.22. The second kappa shape index (κ2) is 7.64. The standard InChI is InChI=1S/C23H21N3O2/c1-26(15-19-7-4-6-17-5-2-3-8-20(17)19)22(28)12-9-16-13-18-10-11-21(27)25-23(18)24-14-16/h2-9,12-14H,10-11,15H2,1H3,(H,24,25,27)/b12-9+. The van der Waals surface area contributed by atoms with Crippen LogP contribution in [0.3, 0.4) is 0 Å². The molecule has 2 heterocycles. The van der Waals surface area contributed by atoms with E-state index in [1.54, 1.807) is 30.3 Å². The van der Waals surface area contributed by atoms with Crippen molar-refractivity contribution in [1.29, 1.82) is 0 Å². The molecule has 0 spiro atoms. The molecular formula is C23H21N3O2. The first-order valence-corrected chi connectivity index (χ1v) is 9.29. The molecule has 0 saturated heterocycles. The van der Waals surface area contributed by atoms with Gasteiger partial charge in [-0.2, -0.15) is 0 Å². The van der Waals surface area contributed by atoms with Gasteiger partial charge in [-0.25, -0.2) is 4.98 Å². The van der Waals surface area contributed by atoms with Crippen LogP contribution in [-0.4, -0.2) is 28.7 Å². The molecule has 2 aromatic carbocycles. The minimum atomic E-state index is -0.0704. The highest BCUT2D eigenvalue weighted by molar-refractivity contribution is 5.94. The summed E-state index contributed by atoms with van der Waals surface area (Å²) in [6, 6.07) is 16.3. The van der Waals surface area contributed by atoms with Crippen LogP contribution < -0.4 is 5.32 Å². The van der Waals surface area contributed by atoms with E-state index in [0.29, 0.717) is 25.2 Å². The van der Waals surface area contributed by atoms with E-state index in [1.807, 2.05) is 24.3 Å². The van der Waals surface area contributed by atoms with E-state index in [9.17, 15) is 9.59 Å². The lowest BCUT2D eigenvalue weighted by molar-refractivity contribution is -0.125. The van der Waals surface area contributed by atoms with Crippen molar-refractivity contribution in [2.45, 2.75) is 19.4 Å². The fourth-order valence-electron chi connectivity index (χ4n) is 3.42. The molecule has 0 atom stereocenters. The molecular weight excluding hydrogens is 350 g/mol. The Morgan fingerprint density at radius 2 is 2.00 bits per heavy atom. The fraction of sp³-hybridized carbons (Fsp3) is 0.174. The average molecular weight is 371 g/mol. The number of benzene rings is 2. The first-order valence-electron chi connectivity index (χ1n) is 9.29. The van der Waals surface area contributed by atoms with E-state index in [-0.39, 0.29) is 11.8 Å². The number of likely N-dealkylation sites (N-methyl/N-ethyl adjacent to an activating group) is 1. The molecule has 0 fully saturated rings. The van der Waals surface area contributed by atoms with Crippen LogP contribution in [0.5, 0.6) is 0 Å². The molecule has 140 valence electrons. The molecule has 0 saturated carbocycles. The van der Waals surface area contributed by atoms with E-state index in [0.717, 1.165) is 22.1 Å². The quantitative estimate of drug-likeness (QED) is 0.710. The van der Waals surface area contributed by atoms with Crippen LogP contribution in [0.4, 0.5) is 5.82 Å². The van der Waals surface area contributed by atoms with Crippen LogP contribution in [0, 0.1) is 0 Å². The van der Waals surface area contributed by atoms with E-state index < -0.39 is 0 Å². The number of aryl methyl sites for hydroxylation is 1. The summed E-state index contributed by atoms with van der Waals surface area (Å²) >= 11 is 0. The van der Waals surface area contributed by atoms with Crippen LogP contribution in [0.1, 0.15) is 23.1 Å². The van der Waals surface area contributed by atoms with Gasteiger partial charge in [0.15, 0.2) is 0 Å². The number of anilines is 1. The molecule has 0 aliphatic carbocycles. The van der Waals surface area contributed by atoms with Crippen LogP contribution in [-0.2, 0) is 22.6 Å². The van der Waals surface area contributed by atoms with Crippen LogP contribution in [0.15, 0.2) is 60.8 Å². The average Bonchev–Trinajstić information content (AvgIpc) is 2.72. The fourth-order valence-corrected chi connectivity index (χ4v) is 3.42. The Kier molecular flexibility index (Phi) is 4.89. The number of hydrogen-bond donors (Lipinski definition) is 1. The van der Waals surface area contributed by atoms with Gasteiger partial charge in [0.2, 0.25) is 11.8 Å². The lowest BCUT2D eigenvalue weighted by atomic mass is 10.0. The Bertz CT molecular complexity index is 1080. The Balaban J connectivity index is 1.46. The summed E-state index contributed by atoms with van der Waals surface area (Å²) in [4.78, 5) is 30.0. The number of fused-ring (bicyclic) bond motifs is 2. The number of rotatable bonds is 4. The number of carbonyl (C=O) groups excluding carboxylic acids is 2. The summed E-state index contributed by atoms with van der Waals surface area (Å²) in [5.41, 5.74) is 2.97. The minimum Gasteiger partial charge on any atom is -0.338 e. The number of nitrogens with one attached hydrogen (secondary N) is 1. The van der Waals surface area contributed by atoms with Crippen molar-refractivity contribution < 1.29 is 9.59 Å². The Hall–Kier alpha value is -3.47. The van der Waals surface area contributed by atoms with Gasteiger partial charge in [0.05, 0.1) is 0 Å². The molecule has 2 amide bonds. The van der Waals surface area contributed by atoms with Gasteiger partial charge in [0.25, 0.3) is 0 Å². The predicted octanol–water partition coefficient (Wildman–Crippen LogP) is 3.79. The normalized spacial score (nSPS) is 13.4. The lowest BCUT2D eigenvalue weighted by Gasteiger charge is -2.17. The maximum absolute atomic E-state index is 12.6. The summed E-state index contributed by atoms with van der Waals surface area (Å²) in [7, 11) is 1.80. The second-order valence-corrected chi connectivity index (χ2v) is 6.99. The summed E-state index contributed by atoms with van der Waals surface area (Å²) in [5, 5.41) is 5.09. The molecule has 1 aliphatic rings. The minimum absolute atomic E-state index is 0.00599. The molecule has 5 nitrogen and oxygen atoms in total. The smallest absolute Gasteiger partial charge is 0.246 e. The molecule has 0 radical (unpaired) electrons. The zero-order valence-corrected chi connectivity index (χ0v) is 15.7. The van der Waals surface area contributed by atoms with Crippen molar-refractivity contribution in [3.8, 4) is 0 Å². The van der Waals surface area contributed by atoms with Crippen LogP contribution in [0.25, 0.3) is 16.8 Å². The summed E-state index contributed by atoms with van der Waals surface area (Å²) in [6.45, 7) is 0.541. The number of amides is 2. The topological polar surface area (TPSA) is 62.3 Å². The van der Waals surface area contributed by atoms with Gasteiger partial charge in [-0.1, -0.05) is 42.5 Å². The van der Waals surface area contributed by atoms with E-state index >= 15 is 0 Å². The van der Waals surface area contributed by atoms with Gasteiger partial charge in [-0.05, 0) is 46.0 Å². The highest BCUT2D eigenvalue weighted by atomic mass is 16.2. The number of hydrogen-bond acceptors (Lipinski definition) is 3. The van der Waals surface area contributed by atoms with Crippen molar-refractivity contribution in [3.63, 3.8) is 0 Å². The zero-order chi connectivity index (χ0) is 19.5. The maximum Gasteiger partial charge on any atom is 0.246 e. The molecule has 0 bridgehead atoms. The Morgan fingerprint density at radius 1 is 1.18 bits per heavy atom. The first-order chi connectivity index (χ1) is 13.6. The third-order valence-corrected chi connectivity index (χ3v) is 4.95. The molecule has 0 unspecified atom stereocenters. The van der Waals surface area contributed by atoms with Crippen molar-refractivity contribution in [2.24, 2.45) is 0 Å². The highest BCUT2D eigenvalue weighted by Gasteiger charge is 2.15. The summed E-state index contributed by atoms with van der Waals surface area (Å²) in [6.07, 6.45) is 6.14. The number of nitrogens with zero attached hydrogens (tertiary/aromatic N) is 2. The van der Waals surface area contributed by atoms with Crippen LogP contribution >= 0.6 is 0 Å². The number of aromatic nitrogens is 1. The Labute approximate surface area is 163 Å². The maximum atomic E-state index is 12.6. The van der Waals surface area contributed by atoms with Crippen LogP contribution in [0.2, 0.25) is 0 Å². The van der Waals surface area contributed by atoms with E-state index in [2.05, 4.69) is 34.6 Å². The molecule has 3 aromatic rings. The SMILES string of the molecule is CN(Cc1cccc2ccccc12)C(=O)/C=C/c1cnc2c(c1)CCC(=O)N2. The van der Waals surface area contributed by atoms with E-state index in [1.165, 1.54) is 5.39 Å². The molecule has 1 aliphatic heterocycles. The number of carbonyl (C=O) groups is 2. The Morgan fingerprint density at radius 3 is 2.89 bits per heavy atom. The van der Waals surface area contributed by atoms with Gasteiger partial charge < -0.3 is 10.2 Å². The third-order valence-electron chi connectivity index (χ3n) is 4.95. The largest absolute Gasteiger partial charge is 0.338 e. The molecule has 1 aromatic heterocycles. The third kappa shape index (κ3) is 3.78. The molecule has 4 rings (SSSR count). The first kappa shape index (κ1) is 17.9. The monoisotopic (exact) mass is 371 g/mol. The molecule has 5 heteroatoms.